The van der Waals surface area contributed by atoms with Crippen molar-refractivity contribution < 1.29 is 9.90 Å². The molecule has 0 aliphatic rings. The number of benzene rings is 1. The first-order valence-corrected chi connectivity index (χ1v) is 5.78. The third-order valence-electron chi connectivity index (χ3n) is 2.78. The summed E-state index contributed by atoms with van der Waals surface area (Å²) in [5.41, 5.74) is 2.63. The van der Waals surface area contributed by atoms with Gasteiger partial charge in [0.2, 0.25) is 0 Å². The first-order chi connectivity index (χ1) is 7.50. The number of halogens is 1. The van der Waals surface area contributed by atoms with Crippen LogP contribution in [-0.2, 0) is 4.79 Å². The summed E-state index contributed by atoms with van der Waals surface area (Å²) in [4.78, 5) is 14.1. The molecule has 2 aromatic rings. The molecule has 3 nitrogen and oxygen atoms in total. The Labute approximate surface area is 102 Å². The van der Waals surface area contributed by atoms with E-state index in [1.807, 2.05) is 25.1 Å². The Kier molecular flexibility index (Phi) is 2.76. The van der Waals surface area contributed by atoms with Crippen molar-refractivity contribution in [2.24, 2.45) is 0 Å². The number of aromatic amines is 1. The zero-order chi connectivity index (χ0) is 11.9. The van der Waals surface area contributed by atoms with Gasteiger partial charge in [-0.05, 0) is 30.7 Å². The van der Waals surface area contributed by atoms with Gasteiger partial charge in [-0.15, -0.1) is 0 Å². The van der Waals surface area contributed by atoms with E-state index in [4.69, 9.17) is 0 Å². The molecule has 0 bridgehead atoms. The molecular weight excluding hydrogens is 270 g/mol. The highest BCUT2D eigenvalue weighted by Gasteiger charge is 2.15. The molecule has 0 saturated carbocycles. The lowest BCUT2D eigenvalue weighted by Gasteiger charge is -2.13. The van der Waals surface area contributed by atoms with Crippen molar-refractivity contribution >= 4 is 32.8 Å². The number of hydrogen-bond acceptors (Lipinski definition) is 2. The highest BCUT2D eigenvalue weighted by atomic mass is 79.9. The summed E-state index contributed by atoms with van der Waals surface area (Å²) in [6.45, 7) is 3.52. The van der Waals surface area contributed by atoms with Crippen molar-refractivity contribution in [2.75, 3.05) is 0 Å². The fourth-order valence-corrected chi connectivity index (χ4v) is 2.36. The van der Waals surface area contributed by atoms with Gasteiger partial charge < -0.3 is 14.9 Å². The lowest BCUT2D eigenvalue weighted by Crippen LogP contribution is -2.28. The van der Waals surface area contributed by atoms with Crippen LogP contribution in [0.3, 0.4) is 0 Å². The van der Waals surface area contributed by atoms with Crippen molar-refractivity contribution in [3.8, 4) is 0 Å². The summed E-state index contributed by atoms with van der Waals surface area (Å²) in [7, 11) is 0. The fraction of sp³-hybridized carbons (Fsp3) is 0.250. The predicted octanol–water partition coefficient (Wildman–Crippen LogP) is 2.09. The number of aryl methyl sites for hydroxylation is 1. The number of aliphatic carboxylic acids is 1. The van der Waals surface area contributed by atoms with Gasteiger partial charge in [-0.3, -0.25) is 0 Å². The topological polar surface area (TPSA) is 55.9 Å². The van der Waals surface area contributed by atoms with Crippen LogP contribution in [0.25, 0.3) is 10.9 Å². The number of aromatic nitrogens is 1. The molecule has 4 heteroatoms. The summed E-state index contributed by atoms with van der Waals surface area (Å²) >= 11 is 3.39. The van der Waals surface area contributed by atoms with Crippen molar-refractivity contribution in [1.29, 1.82) is 0 Å². The van der Waals surface area contributed by atoms with E-state index in [1.54, 1.807) is 6.92 Å². The van der Waals surface area contributed by atoms with E-state index in [0.717, 1.165) is 26.6 Å². The lowest BCUT2D eigenvalue weighted by atomic mass is 9.98. The van der Waals surface area contributed by atoms with Gasteiger partial charge in [0.15, 0.2) is 0 Å². The Balaban J connectivity index is 2.72. The van der Waals surface area contributed by atoms with Crippen LogP contribution < -0.4 is 5.11 Å². The third-order valence-corrected chi connectivity index (χ3v) is 3.28. The van der Waals surface area contributed by atoms with Crippen LogP contribution in [0.15, 0.2) is 22.7 Å². The van der Waals surface area contributed by atoms with E-state index in [0.29, 0.717) is 0 Å². The van der Waals surface area contributed by atoms with Crippen molar-refractivity contribution in [3.05, 3.63) is 33.9 Å². The van der Waals surface area contributed by atoms with Gasteiger partial charge in [-0.2, -0.15) is 0 Å². The quantitative estimate of drug-likeness (QED) is 0.916. The van der Waals surface area contributed by atoms with Crippen LogP contribution in [0, 0.1) is 6.92 Å². The molecule has 0 saturated heterocycles. The molecule has 84 valence electrons. The van der Waals surface area contributed by atoms with E-state index in [-0.39, 0.29) is 0 Å². The molecule has 2 rings (SSSR count). The van der Waals surface area contributed by atoms with E-state index < -0.39 is 11.9 Å². The molecule has 16 heavy (non-hydrogen) atoms. The Hall–Kier alpha value is -1.29. The Bertz CT molecular complexity index is 559. The molecule has 1 unspecified atom stereocenters. The number of rotatable bonds is 2. The summed E-state index contributed by atoms with van der Waals surface area (Å²) in [5, 5.41) is 11.9. The van der Waals surface area contributed by atoms with Gasteiger partial charge in [-0.1, -0.05) is 22.9 Å². The van der Waals surface area contributed by atoms with Crippen LogP contribution >= 0.6 is 15.9 Å². The van der Waals surface area contributed by atoms with Crippen LogP contribution in [0.2, 0.25) is 0 Å². The van der Waals surface area contributed by atoms with E-state index in [2.05, 4.69) is 20.9 Å². The van der Waals surface area contributed by atoms with E-state index >= 15 is 0 Å². The summed E-state index contributed by atoms with van der Waals surface area (Å²) in [6, 6.07) is 5.78. The molecular formula is C12H11BrNO2-. The van der Waals surface area contributed by atoms with Gasteiger partial charge in [-0.25, -0.2) is 0 Å². The first-order valence-electron chi connectivity index (χ1n) is 4.99. The molecule has 0 spiro atoms. The number of carbonyl (C=O) groups excluding carboxylic acids is 1. The van der Waals surface area contributed by atoms with Crippen molar-refractivity contribution in [2.45, 2.75) is 19.8 Å². The number of carbonyl (C=O) groups is 1. The van der Waals surface area contributed by atoms with Gasteiger partial charge in [0.25, 0.3) is 0 Å². The minimum absolute atomic E-state index is 0.608. The van der Waals surface area contributed by atoms with Gasteiger partial charge in [0.05, 0.1) is 0 Å². The molecule has 1 aromatic carbocycles. The van der Waals surface area contributed by atoms with Gasteiger partial charge in [0.1, 0.15) is 0 Å². The molecule has 0 fully saturated rings. The number of carboxylic acid groups (broad SMARTS) is 1. The first kappa shape index (κ1) is 11.2. The molecule has 1 atom stereocenters. The van der Waals surface area contributed by atoms with Crippen LogP contribution in [0.4, 0.5) is 0 Å². The maximum Gasteiger partial charge on any atom is 0.0487 e. The number of hydrogen-bond donors (Lipinski definition) is 1. The Morgan fingerprint density at radius 1 is 1.50 bits per heavy atom. The number of H-pyrrole nitrogens is 1. The van der Waals surface area contributed by atoms with Crippen molar-refractivity contribution in [3.63, 3.8) is 0 Å². The fourth-order valence-electron chi connectivity index (χ4n) is 2.00. The maximum absolute atomic E-state index is 10.9. The van der Waals surface area contributed by atoms with Gasteiger partial charge >= 0.3 is 0 Å². The average molecular weight is 281 g/mol. The molecule has 0 radical (unpaired) electrons. The summed E-state index contributed by atoms with van der Waals surface area (Å²) in [5.74, 6) is -1.66. The highest BCUT2D eigenvalue weighted by Crippen LogP contribution is 2.30. The summed E-state index contributed by atoms with van der Waals surface area (Å²) in [6.07, 6.45) is 0. The van der Waals surface area contributed by atoms with Crippen molar-refractivity contribution in [1.82, 2.24) is 4.98 Å². The van der Waals surface area contributed by atoms with E-state index in [9.17, 15) is 9.90 Å². The molecule has 0 aliphatic carbocycles. The second-order valence-electron chi connectivity index (χ2n) is 3.89. The highest BCUT2D eigenvalue weighted by molar-refractivity contribution is 9.10. The number of fused-ring (bicyclic) bond motifs is 1. The van der Waals surface area contributed by atoms with Crippen LogP contribution in [0.1, 0.15) is 24.1 Å². The second-order valence-corrected chi connectivity index (χ2v) is 4.81. The largest absolute Gasteiger partial charge is 0.550 e. The normalized spacial score (nSPS) is 12.9. The predicted molar refractivity (Wildman–Crippen MR) is 64.2 cm³/mol. The molecule has 1 heterocycles. The monoisotopic (exact) mass is 280 g/mol. The van der Waals surface area contributed by atoms with Crippen LogP contribution in [0.5, 0.6) is 0 Å². The zero-order valence-corrected chi connectivity index (χ0v) is 10.6. The Morgan fingerprint density at radius 2 is 2.19 bits per heavy atom. The maximum atomic E-state index is 10.9. The number of nitrogens with one attached hydrogen (secondary N) is 1. The molecule has 1 N–H and O–H groups in total. The molecule has 0 aliphatic heterocycles. The third kappa shape index (κ3) is 1.73. The second kappa shape index (κ2) is 3.94. The standard InChI is InChI=1S/C12H12BrNO2/c1-6(12(15)16)11-7(2)14-10-4-3-8(13)5-9(10)11/h3-6,14H,1-2H3,(H,15,16)/p-1. The Morgan fingerprint density at radius 3 is 2.81 bits per heavy atom. The SMILES string of the molecule is Cc1[nH]c2ccc(Br)cc2c1C(C)C(=O)[O-]. The summed E-state index contributed by atoms with van der Waals surface area (Å²) < 4.78 is 0.936. The zero-order valence-electron chi connectivity index (χ0n) is 9.00. The molecule has 1 aromatic heterocycles. The minimum Gasteiger partial charge on any atom is -0.550 e. The lowest BCUT2D eigenvalue weighted by molar-refractivity contribution is -0.307. The molecule has 0 amide bonds. The smallest absolute Gasteiger partial charge is 0.0487 e. The minimum atomic E-state index is -1.05. The van der Waals surface area contributed by atoms with Crippen LogP contribution in [-0.4, -0.2) is 11.0 Å². The van der Waals surface area contributed by atoms with Gasteiger partial charge in [0, 0.05) is 33.0 Å². The average Bonchev–Trinajstić information content (AvgIpc) is 2.52. The van der Waals surface area contributed by atoms with E-state index in [1.165, 1.54) is 0 Å². The number of carboxylic acids is 1.